The van der Waals surface area contributed by atoms with Gasteiger partial charge >= 0.3 is 12.0 Å². The number of methoxy groups -OCH3 is 1. The van der Waals surface area contributed by atoms with Crippen LogP contribution in [0.3, 0.4) is 0 Å². The van der Waals surface area contributed by atoms with Gasteiger partial charge < -0.3 is 20.1 Å². The zero-order valence-corrected chi connectivity index (χ0v) is 21.0. The fourth-order valence-electron chi connectivity index (χ4n) is 3.71. The Kier molecular flexibility index (Phi) is 9.75. The minimum atomic E-state index is -0.663. The predicted octanol–water partition coefficient (Wildman–Crippen LogP) is 4.36. The summed E-state index contributed by atoms with van der Waals surface area (Å²) in [7, 11) is 1.53. The molecule has 35 heavy (non-hydrogen) atoms. The standard InChI is InChI=1S/C26H31N3O5S/c1-4-14-29-18(2)23(25(31)34-16-15-33-3)24(28-26(29)32)19-10-12-20(13-11-19)27-22(30)17-35-21-8-6-5-7-9-21/h5-13,24H,4,14-17H2,1-3H3,(H,27,30)(H,28,32). The highest BCUT2D eigenvalue weighted by molar-refractivity contribution is 8.00. The second-order valence-corrected chi connectivity index (χ2v) is 8.98. The molecular formula is C26H31N3O5S. The summed E-state index contributed by atoms with van der Waals surface area (Å²) >= 11 is 1.46. The Balaban J connectivity index is 1.74. The Bertz CT molecular complexity index is 1060. The van der Waals surface area contributed by atoms with Crippen LogP contribution in [0, 0.1) is 0 Å². The summed E-state index contributed by atoms with van der Waals surface area (Å²) in [5.41, 5.74) is 2.29. The molecule has 0 aromatic heterocycles. The van der Waals surface area contributed by atoms with Crippen LogP contribution in [0.25, 0.3) is 0 Å². The minimum absolute atomic E-state index is 0.118. The largest absolute Gasteiger partial charge is 0.460 e. The van der Waals surface area contributed by atoms with Crippen LogP contribution in [0.5, 0.6) is 0 Å². The van der Waals surface area contributed by atoms with Crippen molar-refractivity contribution in [2.45, 2.75) is 31.2 Å². The van der Waals surface area contributed by atoms with Crippen molar-refractivity contribution in [1.82, 2.24) is 10.2 Å². The Labute approximate surface area is 210 Å². The Morgan fingerprint density at radius 3 is 2.46 bits per heavy atom. The van der Waals surface area contributed by atoms with E-state index in [1.807, 2.05) is 37.3 Å². The van der Waals surface area contributed by atoms with Crippen molar-refractivity contribution in [3.05, 3.63) is 71.4 Å². The number of nitrogens with zero attached hydrogens (tertiary/aromatic N) is 1. The molecule has 3 rings (SSSR count). The van der Waals surface area contributed by atoms with Crippen LogP contribution in [0.2, 0.25) is 0 Å². The van der Waals surface area contributed by atoms with Crippen LogP contribution >= 0.6 is 11.8 Å². The third kappa shape index (κ3) is 7.10. The highest BCUT2D eigenvalue weighted by Gasteiger charge is 2.36. The maximum absolute atomic E-state index is 13.0. The Hall–Kier alpha value is -3.30. The Morgan fingerprint density at radius 1 is 1.09 bits per heavy atom. The molecule has 2 aromatic rings. The van der Waals surface area contributed by atoms with Crippen LogP contribution in [0.4, 0.5) is 10.5 Å². The molecule has 1 heterocycles. The van der Waals surface area contributed by atoms with Gasteiger partial charge in [-0.2, -0.15) is 0 Å². The van der Waals surface area contributed by atoms with Crippen molar-refractivity contribution < 1.29 is 23.9 Å². The minimum Gasteiger partial charge on any atom is -0.460 e. The van der Waals surface area contributed by atoms with E-state index in [9.17, 15) is 14.4 Å². The maximum Gasteiger partial charge on any atom is 0.338 e. The number of rotatable bonds is 11. The molecule has 0 saturated heterocycles. The van der Waals surface area contributed by atoms with Crippen molar-refractivity contribution in [2.75, 3.05) is 37.9 Å². The number of hydrogen-bond donors (Lipinski definition) is 2. The van der Waals surface area contributed by atoms with Gasteiger partial charge in [-0.1, -0.05) is 37.3 Å². The lowest BCUT2D eigenvalue weighted by molar-refractivity contribution is -0.141. The van der Waals surface area contributed by atoms with E-state index in [2.05, 4.69) is 10.6 Å². The molecule has 0 saturated carbocycles. The molecule has 1 atom stereocenters. The molecule has 1 aliphatic rings. The van der Waals surface area contributed by atoms with Gasteiger partial charge in [0.2, 0.25) is 5.91 Å². The first kappa shape index (κ1) is 26.3. The van der Waals surface area contributed by atoms with Crippen molar-refractivity contribution in [1.29, 1.82) is 0 Å². The molecule has 3 amide bonds. The number of carbonyl (C=O) groups excluding carboxylic acids is 3. The number of urea groups is 1. The lowest BCUT2D eigenvalue weighted by Crippen LogP contribution is -2.48. The van der Waals surface area contributed by atoms with Gasteiger partial charge in [0.1, 0.15) is 6.61 Å². The first-order valence-corrected chi connectivity index (χ1v) is 12.5. The molecule has 2 aromatic carbocycles. The number of benzene rings is 2. The van der Waals surface area contributed by atoms with Gasteiger partial charge in [0.25, 0.3) is 0 Å². The van der Waals surface area contributed by atoms with Gasteiger partial charge in [-0.25, -0.2) is 9.59 Å². The first-order chi connectivity index (χ1) is 16.9. The van der Waals surface area contributed by atoms with Gasteiger partial charge in [0.15, 0.2) is 0 Å². The van der Waals surface area contributed by atoms with E-state index in [0.29, 0.717) is 29.1 Å². The zero-order valence-electron chi connectivity index (χ0n) is 20.2. The van der Waals surface area contributed by atoms with Gasteiger partial charge in [-0.15, -0.1) is 11.8 Å². The lowest BCUT2D eigenvalue weighted by Gasteiger charge is -2.35. The molecule has 186 valence electrons. The summed E-state index contributed by atoms with van der Waals surface area (Å²) in [5, 5.41) is 5.80. The fourth-order valence-corrected chi connectivity index (χ4v) is 4.43. The third-order valence-electron chi connectivity index (χ3n) is 5.42. The molecule has 1 unspecified atom stereocenters. The number of carbonyl (C=O) groups is 3. The predicted molar refractivity (Wildman–Crippen MR) is 136 cm³/mol. The highest BCUT2D eigenvalue weighted by Crippen LogP contribution is 2.32. The van der Waals surface area contributed by atoms with E-state index in [0.717, 1.165) is 11.3 Å². The van der Waals surface area contributed by atoms with Crippen LogP contribution in [0.15, 0.2) is 70.8 Å². The number of nitrogens with one attached hydrogen (secondary N) is 2. The van der Waals surface area contributed by atoms with E-state index < -0.39 is 12.0 Å². The molecule has 9 heteroatoms. The lowest BCUT2D eigenvalue weighted by atomic mass is 9.94. The summed E-state index contributed by atoms with van der Waals surface area (Å²) in [4.78, 5) is 40.6. The monoisotopic (exact) mass is 497 g/mol. The normalized spacial score (nSPS) is 15.6. The van der Waals surface area contributed by atoms with Crippen molar-refractivity contribution in [3.8, 4) is 0 Å². The van der Waals surface area contributed by atoms with E-state index in [4.69, 9.17) is 9.47 Å². The molecular weight excluding hydrogens is 466 g/mol. The number of allylic oxidation sites excluding steroid dienone is 1. The molecule has 2 N–H and O–H groups in total. The molecule has 0 bridgehead atoms. The second-order valence-electron chi connectivity index (χ2n) is 7.93. The summed E-state index contributed by atoms with van der Waals surface area (Å²) in [6, 6.07) is 15.9. The summed E-state index contributed by atoms with van der Waals surface area (Å²) in [5.74, 6) is -0.330. The van der Waals surface area contributed by atoms with E-state index >= 15 is 0 Å². The number of thioether (sulfide) groups is 1. The molecule has 1 aliphatic heterocycles. The van der Waals surface area contributed by atoms with Crippen molar-refractivity contribution in [3.63, 3.8) is 0 Å². The number of ether oxygens (including phenoxy) is 2. The SMILES string of the molecule is CCCN1C(=O)NC(c2ccc(NC(=O)CSc3ccccc3)cc2)C(C(=O)OCCOC)=C1C. The molecule has 0 fully saturated rings. The first-order valence-electron chi connectivity index (χ1n) is 11.5. The summed E-state index contributed by atoms with van der Waals surface area (Å²) < 4.78 is 10.4. The van der Waals surface area contributed by atoms with Crippen LogP contribution < -0.4 is 10.6 Å². The quantitative estimate of drug-likeness (QED) is 0.272. The van der Waals surface area contributed by atoms with E-state index in [1.54, 1.807) is 36.1 Å². The zero-order chi connectivity index (χ0) is 25.2. The smallest absolute Gasteiger partial charge is 0.338 e. The molecule has 0 spiro atoms. The molecule has 8 nitrogen and oxygen atoms in total. The number of esters is 1. The summed E-state index contributed by atoms with van der Waals surface area (Å²) in [6.45, 7) is 4.62. The third-order valence-corrected chi connectivity index (χ3v) is 6.44. The number of hydrogen-bond acceptors (Lipinski definition) is 6. The average Bonchev–Trinajstić information content (AvgIpc) is 2.86. The topological polar surface area (TPSA) is 97.0 Å². The van der Waals surface area contributed by atoms with Gasteiger partial charge in [-0.05, 0) is 43.2 Å². The van der Waals surface area contributed by atoms with E-state index in [1.165, 1.54) is 18.9 Å². The summed E-state index contributed by atoms with van der Waals surface area (Å²) in [6.07, 6.45) is 0.748. The number of amides is 3. The maximum atomic E-state index is 13.0. The van der Waals surface area contributed by atoms with Crippen LogP contribution in [0.1, 0.15) is 31.9 Å². The van der Waals surface area contributed by atoms with Gasteiger partial charge in [0.05, 0.1) is 24.0 Å². The van der Waals surface area contributed by atoms with Gasteiger partial charge in [0, 0.05) is 29.9 Å². The second kappa shape index (κ2) is 13.0. The molecule has 0 radical (unpaired) electrons. The van der Waals surface area contributed by atoms with Crippen molar-refractivity contribution in [2.24, 2.45) is 0 Å². The number of anilines is 1. The highest BCUT2D eigenvalue weighted by atomic mass is 32.2. The molecule has 0 aliphatic carbocycles. The van der Waals surface area contributed by atoms with Crippen LogP contribution in [-0.4, -0.2) is 55.4 Å². The van der Waals surface area contributed by atoms with Crippen molar-refractivity contribution >= 4 is 35.4 Å². The van der Waals surface area contributed by atoms with Gasteiger partial charge in [-0.3, -0.25) is 9.69 Å². The van der Waals surface area contributed by atoms with E-state index in [-0.39, 0.29) is 30.9 Å². The fraction of sp³-hybridized carbons (Fsp3) is 0.346. The van der Waals surface area contributed by atoms with Crippen LogP contribution in [-0.2, 0) is 19.1 Å². The Morgan fingerprint density at radius 2 is 1.80 bits per heavy atom. The average molecular weight is 498 g/mol.